The number of benzene rings is 1. The third-order valence-corrected chi connectivity index (χ3v) is 2.51. The molecule has 2 nitrogen and oxygen atoms in total. The largest absolute Gasteiger partial charge is 0.278 e. The third kappa shape index (κ3) is 2.04. The molecule has 0 atom stereocenters. The molecule has 2 aromatic rings. The zero-order valence-corrected chi connectivity index (χ0v) is 9.29. The van der Waals surface area contributed by atoms with E-state index in [1.807, 2.05) is 6.20 Å². The molecule has 14 heavy (non-hydrogen) atoms. The van der Waals surface area contributed by atoms with E-state index in [-0.39, 0.29) is 0 Å². The number of alkyl halides is 1. The van der Waals surface area contributed by atoms with Crippen LogP contribution in [0.3, 0.4) is 0 Å². The molecule has 3 heteroatoms. The molecule has 0 fully saturated rings. The Morgan fingerprint density at radius 1 is 1.43 bits per heavy atom. The number of allylic oxidation sites excluding steroid dienone is 1. The summed E-state index contributed by atoms with van der Waals surface area (Å²) in [7, 11) is 0. The number of halogens is 1. The molecule has 72 valence electrons. The molecule has 1 aromatic heterocycles. The van der Waals surface area contributed by atoms with Crippen LogP contribution < -0.4 is 0 Å². The van der Waals surface area contributed by atoms with Gasteiger partial charge in [0.15, 0.2) is 0 Å². The third-order valence-electron chi connectivity index (χ3n) is 2.05. The van der Waals surface area contributed by atoms with E-state index in [4.69, 9.17) is 0 Å². The van der Waals surface area contributed by atoms with Crippen LogP contribution in [0.4, 0.5) is 0 Å². The number of hydrogen-bond donors (Lipinski definition) is 1. The van der Waals surface area contributed by atoms with E-state index in [1.165, 1.54) is 5.56 Å². The Balaban J connectivity index is 2.25. The van der Waals surface area contributed by atoms with Crippen LogP contribution in [-0.2, 0) is 0 Å². The van der Waals surface area contributed by atoms with Gasteiger partial charge in [-0.3, -0.25) is 5.10 Å². The number of nitrogens with zero attached hydrogens (tertiary/aromatic N) is 1. The van der Waals surface area contributed by atoms with Crippen LogP contribution in [0.5, 0.6) is 0 Å². The van der Waals surface area contributed by atoms with Crippen molar-refractivity contribution in [2.24, 2.45) is 0 Å². The lowest BCUT2D eigenvalue weighted by atomic mass is 10.1. The van der Waals surface area contributed by atoms with Gasteiger partial charge < -0.3 is 0 Å². The number of aromatic nitrogens is 2. The molecule has 0 aliphatic rings. The minimum absolute atomic E-state index is 1.01. The summed E-state index contributed by atoms with van der Waals surface area (Å²) in [5, 5.41) is 9.08. The fraction of sp³-hybridized carbons (Fsp3) is 0.182. The average molecular weight is 251 g/mol. The van der Waals surface area contributed by atoms with Gasteiger partial charge >= 0.3 is 0 Å². The standard InChI is InChI=1S/C11H11BrN2/c12-6-2-1-3-9-4-5-11-10(7-9)8-13-14-11/h1,3-5,7-8H,2,6H2,(H,13,14). The zero-order chi connectivity index (χ0) is 9.80. The second-order valence-corrected chi connectivity index (χ2v) is 3.89. The number of hydrogen-bond acceptors (Lipinski definition) is 1. The van der Waals surface area contributed by atoms with Crippen LogP contribution in [-0.4, -0.2) is 15.5 Å². The van der Waals surface area contributed by atoms with Gasteiger partial charge in [-0.2, -0.15) is 5.10 Å². The van der Waals surface area contributed by atoms with Crippen LogP contribution in [0.15, 0.2) is 30.5 Å². The van der Waals surface area contributed by atoms with Gasteiger partial charge in [-0.05, 0) is 24.1 Å². The zero-order valence-electron chi connectivity index (χ0n) is 7.70. The molecule has 0 amide bonds. The monoisotopic (exact) mass is 250 g/mol. The SMILES string of the molecule is BrCCC=Cc1ccc2[nH]ncc2c1. The second kappa shape index (κ2) is 4.42. The highest BCUT2D eigenvalue weighted by molar-refractivity contribution is 9.09. The van der Waals surface area contributed by atoms with Gasteiger partial charge in [0.2, 0.25) is 0 Å². The Morgan fingerprint density at radius 3 is 3.21 bits per heavy atom. The summed E-state index contributed by atoms with van der Waals surface area (Å²) < 4.78 is 0. The molecule has 0 saturated carbocycles. The predicted molar refractivity (Wildman–Crippen MR) is 63.5 cm³/mol. The Hall–Kier alpha value is -1.09. The fourth-order valence-corrected chi connectivity index (χ4v) is 1.61. The highest BCUT2D eigenvalue weighted by Crippen LogP contribution is 2.14. The topological polar surface area (TPSA) is 28.7 Å². The van der Waals surface area contributed by atoms with Crippen LogP contribution in [0.25, 0.3) is 17.0 Å². The normalized spacial score (nSPS) is 11.5. The number of fused-ring (bicyclic) bond motifs is 1. The maximum absolute atomic E-state index is 3.98. The molecule has 0 aliphatic carbocycles. The van der Waals surface area contributed by atoms with E-state index in [1.54, 1.807) is 0 Å². The molecule has 0 bridgehead atoms. The van der Waals surface area contributed by atoms with E-state index in [9.17, 15) is 0 Å². The Kier molecular flexibility index (Phi) is 2.99. The van der Waals surface area contributed by atoms with Crippen LogP contribution in [0.1, 0.15) is 12.0 Å². The fourth-order valence-electron chi connectivity index (χ4n) is 1.35. The Labute approximate surface area is 91.1 Å². The molecule has 1 heterocycles. The molecular weight excluding hydrogens is 240 g/mol. The lowest BCUT2D eigenvalue weighted by Gasteiger charge is -1.93. The first-order valence-corrected chi connectivity index (χ1v) is 5.68. The highest BCUT2D eigenvalue weighted by atomic mass is 79.9. The van der Waals surface area contributed by atoms with E-state index in [0.29, 0.717) is 0 Å². The Morgan fingerprint density at radius 2 is 2.36 bits per heavy atom. The highest BCUT2D eigenvalue weighted by Gasteiger charge is 1.94. The van der Waals surface area contributed by atoms with E-state index < -0.39 is 0 Å². The summed E-state index contributed by atoms with van der Waals surface area (Å²) in [5.74, 6) is 0. The molecule has 0 aliphatic heterocycles. The summed E-state index contributed by atoms with van der Waals surface area (Å²) in [5.41, 5.74) is 2.31. The lowest BCUT2D eigenvalue weighted by molar-refractivity contribution is 1.12. The first kappa shape index (κ1) is 9.46. The molecule has 1 N–H and O–H groups in total. The number of nitrogens with one attached hydrogen (secondary N) is 1. The van der Waals surface area contributed by atoms with Crippen molar-refractivity contribution in [2.75, 3.05) is 5.33 Å². The van der Waals surface area contributed by atoms with Crippen LogP contribution in [0.2, 0.25) is 0 Å². The van der Waals surface area contributed by atoms with Gasteiger partial charge in [0, 0.05) is 10.7 Å². The molecule has 0 saturated heterocycles. The summed E-state index contributed by atoms with van der Waals surface area (Å²) in [6, 6.07) is 6.27. The summed E-state index contributed by atoms with van der Waals surface area (Å²) in [4.78, 5) is 0. The molecule has 2 rings (SSSR count). The second-order valence-electron chi connectivity index (χ2n) is 3.10. The maximum atomic E-state index is 3.98. The minimum atomic E-state index is 1.01. The van der Waals surface area contributed by atoms with E-state index >= 15 is 0 Å². The van der Waals surface area contributed by atoms with Crippen LogP contribution >= 0.6 is 15.9 Å². The molecular formula is C11H11BrN2. The first-order chi connectivity index (χ1) is 6.90. The minimum Gasteiger partial charge on any atom is -0.278 e. The van der Waals surface area contributed by atoms with Gasteiger partial charge in [0.25, 0.3) is 0 Å². The summed E-state index contributed by atoms with van der Waals surface area (Å²) in [6.45, 7) is 0. The molecule has 0 spiro atoms. The van der Waals surface area contributed by atoms with Gasteiger partial charge in [0.05, 0.1) is 11.7 Å². The predicted octanol–water partition coefficient (Wildman–Crippen LogP) is 3.36. The first-order valence-electron chi connectivity index (χ1n) is 4.56. The molecule has 0 radical (unpaired) electrons. The van der Waals surface area contributed by atoms with Gasteiger partial charge in [-0.15, -0.1) is 0 Å². The van der Waals surface area contributed by atoms with Gasteiger partial charge in [-0.25, -0.2) is 0 Å². The van der Waals surface area contributed by atoms with Crippen molar-refractivity contribution in [2.45, 2.75) is 6.42 Å². The number of H-pyrrole nitrogens is 1. The summed E-state index contributed by atoms with van der Waals surface area (Å²) in [6.07, 6.45) is 7.20. The van der Waals surface area contributed by atoms with Crippen molar-refractivity contribution in [1.82, 2.24) is 10.2 Å². The van der Waals surface area contributed by atoms with E-state index in [0.717, 1.165) is 22.7 Å². The van der Waals surface area contributed by atoms with Gasteiger partial charge in [-0.1, -0.05) is 34.1 Å². The lowest BCUT2D eigenvalue weighted by Crippen LogP contribution is -1.73. The van der Waals surface area contributed by atoms with E-state index in [2.05, 4.69) is 56.5 Å². The smallest absolute Gasteiger partial charge is 0.0650 e. The van der Waals surface area contributed by atoms with Crippen molar-refractivity contribution < 1.29 is 0 Å². The molecule has 1 aromatic carbocycles. The Bertz CT molecular complexity index is 445. The van der Waals surface area contributed by atoms with Crippen molar-refractivity contribution in [3.8, 4) is 0 Å². The molecule has 0 unspecified atom stereocenters. The van der Waals surface area contributed by atoms with Crippen LogP contribution in [0, 0.1) is 0 Å². The summed E-state index contributed by atoms with van der Waals surface area (Å²) >= 11 is 3.39. The maximum Gasteiger partial charge on any atom is 0.0650 e. The average Bonchev–Trinajstić information content (AvgIpc) is 2.65. The van der Waals surface area contributed by atoms with Crippen molar-refractivity contribution in [3.05, 3.63) is 36.0 Å². The quantitative estimate of drug-likeness (QED) is 0.832. The van der Waals surface area contributed by atoms with Crippen molar-refractivity contribution in [3.63, 3.8) is 0 Å². The van der Waals surface area contributed by atoms with Gasteiger partial charge in [0.1, 0.15) is 0 Å². The number of aromatic amines is 1. The van der Waals surface area contributed by atoms with Crippen molar-refractivity contribution >= 4 is 32.9 Å². The number of rotatable bonds is 3. The van der Waals surface area contributed by atoms with Crippen molar-refractivity contribution in [1.29, 1.82) is 0 Å².